The summed E-state index contributed by atoms with van der Waals surface area (Å²) in [5, 5.41) is 3.07. The Morgan fingerprint density at radius 3 is 2.86 bits per heavy atom. The molecule has 3 heterocycles. The van der Waals surface area contributed by atoms with Crippen LogP contribution in [-0.4, -0.2) is 35.3 Å². The van der Waals surface area contributed by atoms with Gasteiger partial charge in [0.25, 0.3) is 0 Å². The summed E-state index contributed by atoms with van der Waals surface area (Å²) in [7, 11) is 0. The zero-order chi connectivity index (χ0) is 19.6. The number of hydrogen-bond acceptors (Lipinski definition) is 3. The molecule has 0 radical (unpaired) electrons. The van der Waals surface area contributed by atoms with Crippen molar-refractivity contribution in [2.24, 2.45) is 0 Å². The van der Waals surface area contributed by atoms with Gasteiger partial charge >= 0.3 is 0 Å². The fraction of sp³-hybridized carbons (Fsp3) is 0.455. The van der Waals surface area contributed by atoms with E-state index < -0.39 is 5.54 Å². The molecule has 28 heavy (non-hydrogen) atoms. The number of carbonyl (C=O) groups excluding carboxylic acids is 2. The monoisotopic (exact) mass is 384 g/mol. The molecule has 1 N–H and O–H groups in total. The summed E-state index contributed by atoms with van der Waals surface area (Å²) in [6.45, 7) is 1.20. The second-order valence-corrected chi connectivity index (χ2v) is 7.93. The smallest absolute Gasteiger partial charge is 0.222 e. The van der Waals surface area contributed by atoms with E-state index in [2.05, 4.69) is 5.32 Å². The van der Waals surface area contributed by atoms with E-state index in [4.69, 9.17) is 4.42 Å². The fourth-order valence-electron chi connectivity index (χ4n) is 4.48. The van der Waals surface area contributed by atoms with E-state index in [1.807, 2.05) is 23.1 Å². The van der Waals surface area contributed by atoms with Gasteiger partial charge in [-0.1, -0.05) is 18.2 Å². The summed E-state index contributed by atoms with van der Waals surface area (Å²) in [6, 6.07) is 10.5. The molecule has 2 aliphatic heterocycles. The lowest BCUT2D eigenvalue weighted by Crippen LogP contribution is -2.44. The fourth-order valence-corrected chi connectivity index (χ4v) is 4.48. The normalized spacial score (nSPS) is 24.5. The molecule has 1 aromatic carbocycles. The minimum Gasteiger partial charge on any atom is -0.469 e. The Hall–Kier alpha value is -2.63. The molecule has 6 heteroatoms. The van der Waals surface area contributed by atoms with Gasteiger partial charge in [0.05, 0.1) is 6.26 Å². The maximum atomic E-state index is 14.0. The van der Waals surface area contributed by atoms with Gasteiger partial charge in [-0.3, -0.25) is 9.59 Å². The first kappa shape index (κ1) is 18.7. The van der Waals surface area contributed by atoms with Gasteiger partial charge < -0.3 is 14.6 Å². The van der Waals surface area contributed by atoms with E-state index in [0.717, 1.165) is 12.2 Å². The molecule has 0 saturated carbocycles. The predicted octanol–water partition coefficient (Wildman–Crippen LogP) is 3.41. The molecule has 1 aromatic heterocycles. The highest BCUT2D eigenvalue weighted by molar-refractivity contribution is 5.80. The number of benzene rings is 1. The van der Waals surface area contributed by atoms with Crippen molar-refractivity contribution >= 4 is 11.8 Å². The standard InChI is InChI=1S/C22H25FN2O3/c23-19-6-2-1-5-18(19)16-9-12-25(15-16)21(27)8-11-22(10-7-20(26)24-22)14-17-4-3-13-28-17/h1-6,13,16H,7-12,14-15H2,(H,24,26)/t16-,22+/m0/s1. The van der Waals surface area contributed by atoms with E-state index in [9.17, 15) is 14.0 Å². The molecular weight excluding hydrogens is 359 g/mol. The van der Waals surface area contributed by atoms with Crippen LogP contribution in [0.15, 0.2) is 47.1 Å². The number of amides is 2. The third-order valence-corrected chi connectivity index (χ3v) is 6.03. The molecule has 0 spiro atoms. The summed E-state index contributed by atoms with van der Waals surface area (Å²) in [5.74, 6) is 0.760. The van der Waals surface area contributed by atoms with Crippen molar-refractivity contribution in [3.8, 4) is 0 Å². The molecule has 2 aromatic rings. The minimum atomic E-state index is -0.421. The summed E-state index contributed by atoms with van der Waals surface area (Å²) in [4.78, 5) is 26.5. The van der Waals surface area contributed by atoms with Crippen molar-refractivity contribution in [1.82, 2.24) is 10.2 Å². The van der Waals surface area contributed by atoms with E-state index in [-0.39, 0.29) is 23.5 Å². The van der Waals surface area contributed by atoms with Crippen LogP contribution < -0.4 is 5.32 Å². The highest BCUT2D eigenvalue weighted by Gasteiger charge is 2.39. The third-order valence-electron chi connectivity index (χ3n) is 6.03. The maximum absolute atomic E-state index is 14.0. The van der Waals surface area contributed by atoms with Crippen LogP contribution in [0.5, 0.6) is 0 Å². The van der Waals surface area contributed by atoms with Crippen LogP contribution in [0.4, 0.5) is 4.39 Å². The summed E-state index contributed by atoms with van der Waals surface area (Å²) >= 11 is 0. The van der Waals surface area contributed by atoms with Gasteiger partial charge in [0.1, 0.15) is 11.6 Å². The quantitative estimate of drug-likeness (QED) is 0.830. The molecule has 2 fully saturated rings. The molecule has 5 nitrogen and oxygen atoms in total. The number of nitrogens with zero attached hydrogens (tertiary/aromatic N) is 1. The van der Waals surface area contributed by atoms with Crippen LogP contribution in [-0.2, 0) is 16.0 Å². The van der Waals surface area contributed by atoms with E-state index in [1.165, 1.54) is 6.07 Å². The molecular formula is C22H25FN2O3. The highest BCUT2D eigenvalue weighted by atomic mass is 19.1. The number of nitrogens with one attached hydrogen (secondary N) is 1. The Morgan fingerprint density at radius 1 is 1.29 bits per heavy atom. The SMILES string of the molecule is O=C1CC[C@@](CCC(=O)N2CC[C@H](c3ccccc3F)C2)(Cc2ccco2)N1. The van der Waals surface area contributed by atoms with Crippen LogP contribution in [0, 0.1) is 5.82 Å². The average Bonchev–Trinajstić information content (AvgIpc) is 3.43. The number of hydrogen-bond donors (Lipinski definition) is 1. The van der Waals surface area contributed by atoms with E-state index in [1.54, 1.807) is 18.4 Å². The Kier molecular flexibility index (Phi) is 5.20. The van der Waals surface area contributed by atoms with Gasteiger partial charge in [-0.15, -0.1) is 0 Å². The average molecular weight is 384 g/mol. The molecule has 2 saturated heterocycles. The number of furan rings is 1. The van der Waals surface area contributed by atoms with Gasteiger partial charge in [0.15, 0.2) is 0 Å². The van der Waals surface area contributed by atoms with Crippen LogP contribution in [0.1, 0.15) is 49.3 Å². The molecule has 2 aliphatic rings. The number of rotatable bonds is 6. The van der Waals surface area contributed by atoms with E-state index in [0.29, 0.717) is 50.8 Å². The Bertz CT molecular complexity index is 851. The summed E-state index contributed by atoms with van der Waals surface area (Å²) in [5.41, 5.74) is 0.269. The molecule has 148 valence electrons. The molecule has 0 unspecified atom stereocenters. The largest absolute Gasteiger partial charge is 0.469 e. The maximum Gasteiger partial charge on any atom is 0.222 e. The zero-order valence-electron chi connectivity index (χ0n) is 15.8. The van der Waals surface area contributed by atoms with E-state index >= 15 is 0 Å². The van der Waals surface area contributed by atoms with Crippen molar-refractivity contribution in [2.45, 2.75) is 50.0 Å². The van der Waals surface area contributed by atoms with Gasteiger partial charge in [-0.05, 0) is 43.0 Å². The Balaban J connectivity index is 1.36. The van der Waals surface area contributed by atoms with Crippen molar-refractivity contribution < 1.29 is 18.4 Å². The lowest BCUT2D eigenvalue weighted by molar-refractivity contribution is -0.131. The number of halogens is 1. The Labute approximate surface area is 163 Å². The highest BCUT2D eigenvalue weighted by Crippen LogP contribution is 2.32. The minimum absolute atomic E-state index is 0.0276. The molecule has 2 amide bonds. The number of carbonyl (C=O) groups is 2. The van der Waals surface area contributed by atoms with Gasteiger partial charge in [0, 0.05) is 43.8 Å². The Morgan fingerprint density at radius 2 is 2.14 bits per heavy atom. The van der Waals surface area contributed by atoms with Crippen LogP contribution in [0.3, 0.4) is 0 Å². The second-order valence-electron chi connectivity index (χ2n) is 7.93. The van der Waals surface area contributed by atoms with Crippen molar-refractivity contribution in [2.75, 3.05) is 13.1 Å². The first-order valence-corrected chi connectivity index (χ1v) is 9.90. The summed E-state index contributed by atoms with van der Waals surface area (Å²) < 4.78 is 19.5. The van der Waals surface area contributed by atoms with Gasteiger partial charge in [0.2, 0.25) is 11.8 Å². The number of likely N-dealkylation sites (tertiary alicyclic amines) is 1. The lowest BCUT2D eigenvalue weighted by Gasteiger charge is -2.29. The molecule has 4 rings (SSSR count). The lowest BCUT2D eigenvalue weighted by atomic mass is 9.87. The summed E-state index contributed by atoms with van der Waals surface area (Å²) in [6.07, 6.45) is 5.13. The predicted molar refractivity (Wildman–Crippen MR) is 102 cm³/mol. The molecule has 0 bridgehead atoms. The molecule has 2 atom stereocenters. The second kappa shape index (κ2) is 7.78. The van der Waals surface area contributed by atoms with Crippen LogP contribution >= 0.6 is 0 Å². The van der Waals surface area contributed by atoms with Crippen LogP contribution in [0.2, 0.25) is 0 Å². The van der Waals surface area contributed by atoms with Crippen molar-refractivity contribution in [1.29, 1.82) is 0 Å². The van der Waals surface area contributed by atoms with Crippen LogP contribution in [0.25, 0.3) is 0 Å². The first-order valence-electron chi connectivity index (χ1n) is 9.90. The first-order chi connectivity index (χ1) is 13.5. The molecule has 0 aliphatic carbocycles. The zero-order valence-corrected chi connectivity index (χ0v) is 15.8. The topological polar surface area (TPSA) is 62.6 Å². The van der Waals surface area contributed by atoms with Gasteiger partial charge in [-0.2, -0.15) is 0 Å². The van der Waals surface area contributed by atoms with Gasteiger partial charge in [-0.25, -0.2) is 4.39 Å². The third kappa shape index (κ3) is 3.96. The van der Waals surface area contributed by atoms with Crippen molar-refractivity contribution in [3.05, 3.63) is 59.8 Å². The van der Waals surface area contributed by atoms with Crippen molar-refractivity contribution in [3.63, 3.8) is 0 Å².